The van der Waals surface area contributed by atoms with Crippen LogP contribution in [0.2, 0.25) is 0 Å². The number of hydrogen-bond acceptors (Lipinski definition) is 3. The van der Waals surface area contributed by atoms with E-state index < -0.39 is 0 Å². The number of hydrogen-bond donors (Lipinski definition) is 0. The zero-order chi connectivity index (χ0) is 17.5. The minimum atomic E-state index is -0.249. The molecule has 1 aliphatic heterocycles. The van der Waals surface area contributed by atoms with Gasteiger partial charge in [0.25, 0.3) is 0 Å². The first kappa shape index (κ1) is 21.2. The van der Waals surface area contributed by atoms with Gasteiger partial charge in [0.15, 0.2) is 0 Å². The molecule has 0 spiro atoms. The van der Waals surface area contributed by atoms with Crippen molar-refractivity contribution in [2.24, 2.45) is 0 Å². The molecule has 0 saturated carbocycles. The third-order valence-electron chi connectivity index (χ3n) is 4.90. The average Bonchev–Trinajstić information content (AvgIpc) is 3.36. The van der Waals surface area contributed by atoms with Crippen LogP contribution in [0.3, 0.4) is 0 Å². The minimum absolute atomic E-state index is 0.249. The number of carbonyl (C=O) groups is 1. The van der Waals surface area contributed by atoms with Crippen molar-refractivity contribution in [3.8, 4) is 0 Å². The highest BCUT2D eigenvalue weighted by molar-refractivity contribution is 5.81. The molecule has 3 nitrogen and oxygen atoms in total. The zero-order valence-electron chi connectivity index (χ0n) is 15.9. The average molecular weight is 339 g/mol. The lowest BCUT2D eigenvalue weighted by Gasteiger charge is -2.02. The van der Waals surface area contributed by atoms with Gasteiger partial charge in [-0.1, -0.05) is 77.2 Å². The zero-order valence-corrected chi connectivity index (χ0v) is 15.9. The van der Waals surface area contributed by atoms with Gasteiger partial charge in [0.1, 0.15) is 0 Å². The normalized spacial score (nSPS) is 19.8. The van der Waals surface area contributed by atoms with Crippen LogP contribution in [0, 0.1) is 0 Å². The fourth-order valence-corrected chi connectivity index (χ4v) is 3.24. The van der Waals surface area contributed by atoms with E-state index in [1.165, 1.54) is 96.7 Å². The Morgan fingerprint density at radius 3 is 1.92 bits per heavy atom. The molecular weight excluding hydrogens is 300 g/mol. The van der Waals surface area contributed by atoms with Crippen molar-refractivity contribution < 1.29 is 14.3 Å². The maximum Gasteiger partial charge on any atom is 0.330 e. The molecule has 1 aliphatic rings. The van der Waals surface area contributed by atoms with Crippen LogP contribution in [0.1, 0.15) is 96.8 Å². The summed E-state index contributed by atoms with van der Waals surface area (Å²) in [6.07, 6.45) is 23.0. The third-order valence-corrected chi connectivity index (χ3v) is 4.90. The van der Waals surface area contributed by atoms with Gasteiger partial charge in [-0.25, -0.2) is 4.79 Å². The van der Waals surface area contributed by atoms with E-state index in [1.807, 2.05) is 6.08 Å². The maximum atomic E-state index is 10.9. The molecule has 0 aromatic heterocycles. The first-order valence-corrected chi connectivity index (χ1v) is 10.2. The minimum Gasteiger partial charge on any atom is -0.466 e. The summed E-state index contributed by atoms with van der Waals surface area (Å²) in [5, 5.41) is 0. The molecule has 24 heavy (non-hydrogen) atoms. The Kier molecular flexibility index (Phi) is 12.8. The standard InChI is InChI=1S/C21H38O3/c1-3-19-20(24-19)17-15-13-11-9-7-5-4-6-8-10-12-14-16-18-21(22)23-2/h16,18-20H,3-15,17H2,1-2H3. The second-order valence-corrected chi connectivity index (χ2v) is 7.01. The summed E-state index contributed by atoms with van der Waals surface area (Å²) in [4.78, 5) is 10.9. The molecule has 0 aliphatic carbocycles. The van der Waals surface area contributed by atoms with Crippen LogP contribution in [0.4, 0.5) is 0 Å². The molecule has 0 radical (unpaired) electrons. The number of carbonyl (C=O) groups excluding carboxylic acids is 1. The van der Waals surface area contributed by atoms with Crippen molar-refractivity contribution in [3.63, 3.8) is 0 Å². The van der Waals surface area contributed by atoms with E-state index >= 15 is 0 Å². The van der Waals surface area contributed by atoms with Gasteiger partial charge in [-0.05, 0) is 25.7 Å². The third kappa shape index (κ3) is 11.7. The molecule has 3 heteroatoms. The Hall–Kier alpha value is -0.830. The fraction of sp³-hybridized carbons (Fsp3) is 0.857. The number of allylic oxidation sites excluding steroid dienone is 1. The summed E-state index contributed by atoms with van der Waals surface area (Å²) in [7, 11) is 1.41. The number of unbranched alkanes of at least 4 members (excludes halogenated alkanes) is 11. The first-order valence-electron chi connectivity index (χ1n) is 10.2. The van der Waals surface area contributed by atoms with Crippen LogP contribution >= 0.6 is 0 Å². The van der Waals surface area contributed by atoms with E-state index in [0.29, 0.717) is 12.2 Å². The predicted octanol–water partition coefficient (Wildman–Crippen LogP) is 5.96. The number of rotatable bonds is 16. The largest absolute Gasteiger partial charge is 0.466 e. The molecule has 0 aromatic rings. The van der Waals surface area contributed by atoms with Crippen LogP contribution in [0.15, 0.2) is 12.2 Å². The van der Waals surface area contributed by atoms with Crippen LogP contribution in [0.25, 0.3) is 0 Å². The Balaban J connectivity index is 1.69. The lowest BCUT2D eigenvalue weighted by atomic mass is 10.0. The molecule has 0 amide bonds. The van der Waals surface area contributed by atoms with Crippen LogP contribution in [0.5, 0.6) is 0 Å². The van der Waals surface area contributed by atoms with Crippen LogP contribution in [-0.4, -0.2) is 25.3 Å². The SMILES string of the molecule is CCC1OC1CCCCCCCCCCCCCC=CC(=O)OC. The molecule has 1 saturated heterocycles. The summed E-state index contributed by atoms with van der Waals surface area (Å²) in [6.45, 7) is 2.22. The summed E-state index contributed by atoms with van der Waals surface area (Å²) in [6, 6.07) is 0. The number of ether oxygens (including phenoxy) is 2. The van der Waals surface area contributed by atoms with Crippen molar-refractivity contribution in [2.45, 2.75) is 109 Å². The molecule has 0 bridgehead atoms. The second-order valence-electron chi connectivity index (χ2n) is 7.01. The van der Waals surface area contributed by atoms with Gasteiger partial charge in [0.05, 0.1) is 19.3 Å². The highest BCUT2D eigenvalue weighted by Crippen LogP contribution is 2.29. The molecule has 1 fully saturated rings. The molecule has 1 rings (SSSR count). The Morgan fingerprint density at radius 2 is 1.42 bits per heavy atom. The molecule has 0 aromatic carbocycles. The van der Waals surface area contributed by atoms with Gasteiger partial charge in [-0.15, -0.1) is 0 Å². The highest BCUT2D eigenvalue weighted by atomic mass is 16.6. The molecule has 140 valence electrons. The molecule has 1 heterocycles. The fourth-order valence-electron chi connectivity index (χ4n) is 3.24. The summed E-state index contributed by atoms with van der Waals surface area (Å²) >= 11 is 0. The van der Waals surface area contributed by atoms with Gasteiger partial charge in [-0.2, -0.15) is 0 Å². The van der Waals surface area contributed by atoms with E-state index in [-0.39, 0.29) is 5.97 Å². The summed E-state index contributed by atoms with van der Waals surface area (Å²) in [5.41, 5.74) is 0. The number of methoxy groups -OCH3 is 1. The number of epoxide rings is 1. The predicted molar refractivity (Wildman–Crippen MR) is 100 cm³/mol. The Bertz CT molecular complexity index is 338. The first-order chi connectivity index (χ1) is 11.8. The highest BCUT2D eigenvalue weighted by Gasteiger charge is 2.35. The van der Waals surface area contributed by atoms with E-state index in [2.05, 4.69) is 11.7 Å². The lowest BCUT2D eigenvalue weighted by Crippen LogP contribution is -1.93. The second kappa shape index (κ2) is 14.5. The molecule has 2 atom stereocenters. The maximum absolute atomic E-state index is 10.9. The van der Waals surface area contributed by atoms with Gasteiger partial charge in [0.2, 0.25) is 0 Å². The van der Waals surface area contributed by atoms with Crippen molar-refractivity contribution >= 4 is 5.97 Å². The van der Waals surface area contributed by atoms with Crippen molar-refractivity contribution in [2.75, 3.05) is 7.11 Å². The topological polar surface area (TPSA) is 38.8 Å². The Labute approximate surface area is 149 Å². The monoisotopic (exact) mass is 338 g/mol. The van der Waals surface area contributed by atoms with Gasteiger partial charge >= 0.3 is 5.97 Å². The van der Waals surface area contributed by atoms with Crippen LogP contribution < -0.4 is 0 Å². The van der Waals surface area contributed by atoms with E-state index in [9.17, 15) is 4.79 Å². The van der Waals surface area contributed by atoms with E-state index in [0.717, 1.165) is 6.42 Å². The smallest absolute Gasteiger partial charge is 0.330 e. The van der Waals surface area contributed by atoms with E-state index in [4.69, 9.17) is 4.74 Å². The van der Waals surface area contributed by atoms with Gasteiger partial charge in [0, 0.05) is 6.08 Å². The molecular formula is C21H38O3. The Morgan fingerprint density at radius 1 is 0.875 bits per heavy atom. The van der Waals surface area contributed by atoms with Gasteiger partial charge in [-0.3, -0.25) is 0 Å². The van der Waals surface area contributed by atoms with Crippen molar-refractivity contribution in [1.82, 2.24) is 0 Å². The lowest BCUT2D eigenvalue weighted by molar-refractivity contribution is -0.134. The quantitative estimate of drug-likeness (QED) is 0.151. The van der Waals surface area contributed by atoms with E-state index in [1.54, 1.807) is 0 Å². The van der Waals surface area contributed by atoms with Crippen LogP contribution in [-0.2, 0) is 14.3 Å². The van der Waals surface area contributed by atoms with Crippen molar-refractivity contribution in [1.29, 1.82) is 0 Å². The summed E-state index contributed by atoms with van der Waals surface area (Å²) < 4.78 is 10.1. The molecule has 0 N–H and O–H groups in total. The number of esters is 1. The van der Waals surface area contributed by atoms with Crippen molar-refractivity contribution in [3.05, 3.63) is 12.2 Å². The van der Waals surface area contributed by atoms with Gasteiger partial charge < -0.3 is 9.47 Å². The summed E-state index contributed by atoms with van der Waals surface area (Å²) in [5.74, 6) is -0.249. The molecule has 2 unspecified atom stereocenters.